The molecular formula is C17H19ClN2O3. The molecule has 1 unspecified atom stereocenters. The van der Waals surface area contributed by atoms with Crippen molar-refractivity contribution in [3.05, 3.63) is 52.0 Å². The van der Waals surface area contributed by atoms with Gasteiger partial charge in [-0.15, -0.1) is 0 Å². The molecule has 5 nitrogen and oxygen atoms in total. The van der Waals surface area contributed by atoms with Crippen LogP contribution < -0.4 is 10.6 Å². The van der Waals surface area contributed by atoms with Gasteiger partial charge in [-0.2, -0.15) is 0 Å². The minimum atomic E-state index is -0.907. The molecule has 4 N–H and O–H groups in total. The van der Waals surface area contributed by atoms with Crippen molar-refractivity contribution >= 4 is 29.0 Å². The van der Waals surface area contributed by atoms with Gasteiger partial charge in [0.25, 0.3) is 0 Å². The summed E-state index contributed by atoms with van der Waals surface area (Å²) in [6.07, 6.45) is -0.907. The maximum absolute atomic E-state index is 12.2. The zero-order valence-corrected chi connectivity index (χ0v) is 13.9. The minimum absolute atomic E-state index is 0.0609. The summed E-state index contributed by atoms with van der Waals surface area (Å²) in [6.45, 7) is 5.32. The zero-order chi connectivity index (χ0) is 17.1. The number of nitrogens with one attached hydrogen (secondary N) is 2. The Bertz CT molecular complexity index is 725. The lowest BCUT2D eigenvalue weighted by Gasteiger charge is -2.15. The summed E-state index contributed by atoms with van der Waals surface area (Å²) >= 11 is 5.92. The van der Waals surface area contributed by atoms with Crippen molar-refractivity contribution in [2.24, 2.45) is 0 Å². The number of hydrogen-bond donors (Lipinski definition) is 4. The first-order chi connectivity index (χ1) is 10.8. The van der Waals surface area contributed by atoms with E-state index in [4.69, 9.17) is 11.6 Å². The van der Waals surface area contributed by atoms with Crippen LogP contribution in [0.3, 0.4) is 0 Å². The number of benzene rings is 2. The quantitative estimate of drug-likeness (QED) is 0.629. The maximum Gasteiger partial charge on any atom is 0.323 e. The summed E-state index contributed by atoms with van der Waals surface area (Å²) in [5, 5.41) is 25.0. The number of phenolic OH excluding ortho intramolecular Hbond substituents is 1. The average Bonchev–Trinajstić information content (AvgIpc) is 2.46. The molecule has 0 aliphatic rings. The van der Waals surface area contributed by atoms with E-state index >= 15 is 0 Å². The number of carbonyl (C=O) groups is 1. The molecular weight excluding hydrogens is 316 g/mol. The number of rotatable bonds is 3. The Morgan fingerprint density at radius 2 is 1.78 bits per heavy atom. The molecule has 0 radical (unpaired) electrons. The molecule has 0 aliphatic carbocycles. The molecule has 1 atom stereocenters. The number of para-hydroxylation sites is 1. The normalized spacial score (nSPS) is 11.9. The largest absolute Gasteiger partial charge is 0.506 e. The van der Waals surface area contributed by atoms with Gasteiger partial charge in [-0.3, -0.25) is 0 Å². The Morgan fingerprint density at radius 1 is 1.17 bits per heavy atom. The smallest absolute Gasteiger partial charge is 0.323 e. The molecule has 122 valence electrons. The van der Waals surface area contributed by atoms with Crippen molar-refractivity contribution in [3.8, 4) is 5.75 Å². The van der Waals surface area contributed by atoms with Crippen molar-refractivity contribution in [1.82, 2.24) is 0 Å². The number of amides is 2. The van der Waals surface area contributed by atoms with E-state index in [0.717, 1.165) is 16.8 Å². The van der Waals surface area contributed by atoms with Gasteiger partial charge >= 0.3 is 6.03 Å². The summed E-state index contributed by atoms with van der Waals surface area (Å²) in [4.78, 5) is 12.2. The lowest BCUT2D eigenvalue weighted by molar-refractivity contribution is 0.195. The molecule has 2 aromatic rings. The summed E-state index contributed by atoms with van der Waals surface area (Å²) in [7, 11) is 0. The van der Waals surface area contributed by atoms with E-state index in [1.807, 2.05) is 32.0 Å². The van der Waals surface area contributed by atoms with Gasteiger partial charge in [0.1, 0.15) is 5.75 Å². The number of aromatic hydroxyl groups is 1. The first-order valence-corrected chi connectivity index (χ1v) is 7.52. The Kier molecular flexibility index (Phi) is 5.13. The average molecular weight is 335 g/mol. The molecule has 2 aromatic carbocycles. The molecule has 0 fully saturated rings. The van der Waals surface area contributed by atoms with E-state index < -0.39 is 12.1 Å². The highest BCUT2D eigenvalue weighted by atomic mass is 35.5. The molecule has 0 spiro atoms. The fourth-order valence-electron chi connectivity index (χ4n) is 2.30. The lowest BCUT2D eigenvalue weighted by Crippen LogP contribution is -2.20. The zero-order valence-electron chi connectivity index (χ0n) is 13.1. The van der Waals surface area contributed by atoms with Crippen LogP contribution in [0.15, 0.2) is 30.3 Å². The molecule has 0 aromatic heterocycles. The van der Waals surface area contributed by atoms with Crippen LogP contribution in [0.25, 0.3) is 0 Å². The Morgan fingerprint density at radius 3 is 2.35 bits per heavy atom. The van der Waals surface area contributed by atoms with Crippen LogP contribution in [0.4, 0.5) is 16.2 Å². The van der Waals surface area contributed by atoms with Crippen LogP contribution in [0.2, 0.25) is 5.02 Å². The topological polar surface area (TPSA) is 81.6 Å². The van der Waals surface area contributed by atoms with E-state index in [1.54, 1.807) is 0 Å². The van der Waals surface area contributed by atoms with Crippen LogP contribution in [-0.4, -0.2) is 16.2 Å². The first-order valence-electron chi connectivity index (χ1n) is 7.14. The van der Waals surface area contributed by atoms with Gasteiger partial charge < -0.3 is 20.8 Å². The molecule has 2 amide bonds. The minimum Gasteiger partial charge on any atom is -0.506 e. The van der Waals surface area contributed by atoms with Gasteiger partial charge in [0, 0.05) is 16.9 Å². The number of phenols is 1. The number of aryl methyl sites for hydroxylation is 2. The monoisotopic (exact) mass is 334 g/mol. The SMILES string of the molecule is Cc1cccc(C)c1NC(=O)Nc1cc(Cl)c(O)c(C(C)O)c1. The number of anilines is 2. The molecule has 2 rings (SSSR count). The van der Waals surface area contributed by atoms with E-state index in [-0.39, 0.29) is 16.3 Å². The molecule has 23 heavy (non-hydrogen) atoms. The Balaban J connectivity index is 2.21. The third-order valence-corrected chi connectivity index (χ3v) is 3.81. The second-order valence-corrected chi connectivity index (χ2v) is 5.83. The van der Waals surface area contributed by atoms with Gasteiger partial charge in [0.05, 0.1) is 11.1 Å². The lowest BCUT2D eigenvalue weighted by atomic mass is 10.1. The van der Waals surface area contributed by atoms with E-state index in [9.17, 15) is 15.0 Å². The first kappa shape index (κ1) is 17.1. The number of urea groups is 1. The van der Waals surface area contributed by atoms with Crippen LogP contribution in [-0.2, 0) is 0 Å². The third-order valence-electron chi connectivity index (χ3n) is 3.52. The van der Waals surface area contributed by atoms with E-state index in [2.05, 4.69) is 10.6 Å². The Labute approximate surface area is 139 Å². The number of hydrogen-bond acceptors (Lipinski definition) is 3. The van der Waals surface area contributed by atoms with Crippen molar-refractivity contribution in [3.63, 3.8) is 0 Å². The number of aliphatic hydroxyl groups is 1. The van der Waals surface area contributed by atoms with Crippen LogP contribution in [0, 0.1) is 13.8 Å². The van der Waals surface area contributed by atoms with Gasteiger partial charge in [0.2, 0.25) is 0 Å². The molecule has 0 saturated heterocycles. The summed E-state index contributed by atoms with van der Waals surface area (Å²) in [6, 6.07) is 8.21. The molecule has 0 aliphatic heterocycles. The predicted molar refractivity (Wildman–Crippen MR) is 92.3 cm³/mol. The fraction of sp³-hybridized carbons (Fsp3) is 0.235. The summed E-state index contributed by atoms with van der Waals surface area (Å²) in [5.74, 6) is -0.192. The Hall–Kier alpha value is -2.24. The number of aliphatic hydroxyl groups excluding tert-OH is 1. The number of carbonyl (C=O) groups excluding carboxylic acids is 1. The van der Waals surface area contributed by atoms with E-state index in [0.29, 0.717) is 5.69 Å². The second-order valence-electron chi connectivity index (χ2n) is 5.42. The molecule has 6 heteroatoms. The molecule has 0 saturated carbocycles. The van der Waals surface area contributed by atoms with Crippen LogP contribution in [0.1, 0.15) is 29.7 Å². The van der Waals surface area contributed by atoms with Gasteiger partial charge in [-0.05, 0) is 44.0 Å². The highest BCUT2D eigenvalue weighted by Crippen LogP contribution is 2.35. The van der Waals surface area contributed by atoms with Crippen LogP contribution >= 0.6 is 11.6 Å². The van der Waals surface area contributed by atoms with Gasteiger partial charge in [-0.1, -0.05) is 29.8 Å². The maximum atomic E-state index is 12.2. The fourth-order valence-corrected chi connectivity index (χ4v) is 2.53. The van der Waals surface area contributed by atoms with Crippen molar-refractivity contribution in [1.29, 1.82) is 0 Å². The second kappa shape index (κ2) is 6.89. The van der Waals surface area contributed by atoms with E-state index in [1.165, 1.54) is 19.1 Å². The van der Waals surface area contributed by atoms with Gasteiger partial charge in [-0.25, -0.2) is 4.79 Å². The highest BCUT2D eigenvalue weighted by Gasteiger charge is 2.14. The number of halogens is 1. The summed E-state index contributed by atoms with van der Waals surface area (Å²) < 4.78 is 0. The highest BCUT2D eigenvalue weighted by molar-refractivity contribution is 6.32. The third kappa shape index (κ3) is 3.94. The van der Waals surface area contributed by atoms with Crippen molar-refractivity contribution in [2.75, 3.05) is 10.6 Å². The molecule has 0 bridgehead atoms. The predicted octanol–water partition coefficient (Wildman–Crippen LogP) is 4.36. The van der Waals surface area contributed by atoms with Crippen molar-refractivity contribution < 1.29 is 15.0 Å². The van der Waals surface area contributed by atoms with Gasteiger partial charge in [0.15, 0.2) is 0 Å². The molecule has 0 heterocycles. The summed E-state index contributed by atoms with van der Waals surface area (Å²) in [5.41, 5.74) is 3.28. The van der Waals surface area contributed by atoms with Crippen molar-refractivity contribution in [2.45, 2.75) is 26.9 Å². The standard InChI is InChI=1S/C17H19ClN2O3/c1-9-5-4-6-10(2)15(9)20-17(23)19-12-7-13(11(3)21)16(22)14(18)8-12/h4-8,11,21-22H,1-3H3,(H2,19,20,23). The van der Waals surface area contributed by atoms with Crippen LogP contribution in [0.5, 0.6) is 5.75 Å².